The summed E-state index contributed by atoms with van der Waals surface area (Å²) in [4.78, 5) is 32.0. The minimum atomic E-state index is -0.441. The zero-order chi connectivity index (χ0) is 22.1. The van der Waals surface area contributed by atoms with E-state index in [0.29, 0.717) is 28.8 Å². The normalized spacial score (nSPS) is 14.6. The van der Waals surface area contributed by atoms with Crippen LogP contribution in [0.2, 0.25) is 5.02 Å². The third-order valence-corrected chi connectivity index (χ3v) is 5.43. The molecule has 9 heteroatoms. The SMILES string of the molecule is COc1cccc(C2N=Cc3c(n(C)c(=O)n3C(=O)N(C)Cc3ccc(Cl)cc3)N2)c1. The van der Waals surface area contributed by atoms with Crippen molar-refractivity contribution < 1.29 is 9.53 Å². The van der Waals surface area contributed by atoms with Crippen LogP contribution in [0, 0.1) is 0 Å². The van der Waals surface area contributed by atoms with Crippen molar-refractivity contribution in [2.75, 3.05) is 19.5 Å². The molecule has 2 aromatic carbocycles. The second-order valence-electron chi connectivity index (χ2n) is 7.28. The summed E-state index contributed by atoms with van der Waals surface area (Å²) >= 11 is 5.93. The van der Waals surface area contributed by atoms with Crippen LogP contribution in [-0.2, 0) is 13.6 Å². The summed E-state index contributed by atoms with van der Waals surface area (Å²) in [5, 5.41) is 3.87. The molecule has 1 amide bonds. The molecule has 1 N–H and O–H groups in total. The standard InChI is InChI=1S/C22H22ClN5O3/c1-26(13-14-7-9-16(23)10-8-14)21(29)28-18-12-24-19(25-20(18)27(2)22(28)30)15-5-4-6-17(11-15)31-3/h4-12,19,25H,13H2,1-3H3. The summed E-state index contributed by atoms with van der Waals surface area (Å²) in [6, 6.07) is 14.3. The largest absolute Gasteiger partial charge is 0.497 e. The van der Waals surface area contributed by atoms with Gasteiger partial charge in [0.25, 0.3) is 0 Å². The summed E-state index contributed by atoms with van der Waals surface area (Å²) in [6.45, 7) is 0.336. The zero-order valence-electron chi connectivity index (χ0n) is 17.4. The van der Waals surface area contributed by atoms with E-state index in [4.69, 9.17) is 16.3 Å². The van der Waals surface area contributed by atoms with E-state index in [1.165, 1.54) is 9.47 Å². The second-order valence-corrected chi connectivity index (χ2v) is 7.71. The molecule has 0 aliphatic carbocycles. The number of rotatable bonds is 4. The van der Waals surface area contributed by atoms with Gasteiger partial charge in [0.15, 0.2) is 0 Å². The Morgan fingerprint density at radius 3 is 2.71 bits per heavy atom. The molecule has 0 radical (unpaired) electrons. The second kappa shape index (κ2) is 8.31. The first-order valence-electron chi connectivity index (χ1n) is 9.64. The molecule has 8 nitrogen and oxygen atoms in total. The molecule has 160 valence electrons. The maximum atomic E-state index is 13.1. The molecule has 1 atom stereocenters. The Morgan fingerprint density at radius 1 is 1.26 bits per heavy atom. The highest BCUT2D eigenvalue weighted by Crippen LogP contribution is 2.28. The van der Waals surface area contributed by atoms with E-state index in [1.807, 2.05) is 36.4 Å². The van der Waals surface area contributed by atoms with Gasteiger partial charge in [-0.25, -0.2) is 14.2 Å². The van der Waals surface area contributed by atoms with Crippen molar-refractivity contribution in [2.24, 2.45) is 12.0 Å². The lowest BCUT2D eigenvalue weighted by Gasteiger charge is -2.22. The predicted molar refractivity (Wildman–Crippen MR) is 120 cm³/mol. The topological polar surface area (TPSA) is 80.9 Å². The number of hydrogen-bond donors (Lipinski definition) is 1. The number of anilines is 1. The van der Waals surface area contributed by atoms with Gasteiger partial charge in [0.1, 0.15) is 23.4 Å². The van der Waals surface area contributed by atoms with Crippen LogP contribution in [0.4, 0.5) is 10.6 Å². The maximum Gasteiger partial charge on any atom is 0.338 e. The molecule has 1 aliphatic rings. The summed E-state index contributed by atoms with van der Waals surface area (Å²) in [6.07, 6.45) is 1.16. The third kappa shape index (κ3) is 3.94. The van der Waals surface area contributed by atoms with E-state index >= 15 is 0 Å². The summed E-state index contributed by atoms with van der Waals surface area (Å²) in [7, 11) is 4.87. The molecule has 0 saturated heterocycles. The smallest absolute Gasteiger partial charge is 0.338 e. The van der Waals surface area contributed by atoms with Crippen molar-refractivity contribution >= 4 is 29.7 Å². The van der Waals surface area contributed by atoms with Crippen LogP contribution in [-0.4, -0.2) is 40.4 Å². The Morgan fingerprint density at radius 2 is 2.00 bits per heavy atom. The minimum Gasteiger partial charge on any atom is -0.497 e. The molecule has 1 aromatic heterocycles. The van der Waals surface area contributed by atoms with E-state index in [-0.39, 0.29) is 0 Å². The molecular formula is C22H22ClN5O3. The third-order valence-electron chi connectivity index (χ3n) is 5.18. The Hall–Kier alpha value is -3.52. The molecule has 2 heterocycles. The van der Waals surface area contributed by atoms with Crippen molar-refractivity contribution in [3.8, 4) is 5.75 Å². The average Bonchev–Trinajstić information content (AvgIpc) is 3.04. The molecule has 4 rings (SSSR count). The first-order valence-corrected chi connectivity index (χ1v) is 10.0. The molecular weight excluding hydrogens is 418 g/mol. The highest BCUT2D eigenvalue weighted by Gasteiger charge is 2.28. The van der Waals surface area contributed by atoms with Crippen molar-refractivity contribution in [3.63, 3.8) is 0 Å². The highest BCUT2D eigenvalue weighted by atomic mass is 35.5. The fourth-order valence-corrected chi connectivity index (χ4v) is 3.62. The molecule has 31 heavy (non-hydrogen) atoms. The molecule has 0 spiro atoms. The van der Waals surface area contributed by atoms with Gasteiger partial charge in [0.05, 0.1) is 13.3 Å². The van der Waals surface area contributed by atoms with Gasteiger partial charge in [-0.3, -0.25) is 9.56 Å². The van der Waals surface area contributed by atoms with Gasteiger partial charge in [0, 0.05) is 25.7 Å². The van der Waals surface area contributed by atoms with E-state index in [1.54, 1.807) is 39.6 Å². The number of imidazole rings is 1. The fourth-order valence-electron chi connectivity index (χ4n) is 3.50. The fraction of sp³-hybridized carbons (Fsp3) is 0.227. The highest BCUT2D eigenvalue weighted by molar-refractivity contribution is 6.30. The quantitative estimate of drug-likeness (QED) is 0.674. The number of carbonyl (C=O) groups is 1. The number of aliphatic imine (C=N–C) groups is 1. The van der Waals surface area contributed by atoms with Gasteiger partial charge in [0.2, 0.25) is 0 Å². The number of nitrogens with zero attached hydrogens (tertiary/aromatic N) is 4. The first kappa shape index (κ1) is 20.7. The van der Waals surface area contributed by atoms with Crippen molar-refractivity contribution in [1.82, 2.24) is 14.0 Å². The van der Waals surface area contributed by atoms with E-state index in [0.717, 1.165) is 15.7 Å². The van der Waals surface area contributed by atoms with Crippen LogP contribution in [0.25, 0.3) is 0 Å². The zero-order valence-corrected chi connectivity index (χ0v) is 18.1. The minimum absolute atomic E-state index is 0.336. The van der Waals surface area contributed by atoms with Crippen LogP contribution < -0.4 is 15.7 Å². The van der Waals surface area contributed by atoms with Gasteiger partial charge in [-0.2, -0.15) is 0 Å². The average molecular weight is 440 g/mol. The van der Waals surface area contributed by atoms with Gasteiger partial charge in [-0.15, -0.1) is 0 Å². The van der Waals surface area contributed by atoms with E-state index < -0.39 is 17.9 Å². The van der Waals surface area contributed by atoms with Crippen LogP contribution in [0.5, 0.6) is 5.75 Å². The van der Waals surface area contributed by atoms with Gasteiger partial charge >= 0.3 is 11.7 Å². The maximum absolute atomic E-state index is 13.1. The summed E-state index contributed by atoms with van der Waals surface area (Å²) < 4.78 is 7.83. The van der Waals surface area contributed by atoms with Gasteiger partial charge in [-0.05, 0) is 35.4 Å². The molecule has 0 fully saturated rings. The number of methoxy groups -OCH3 is 1. The van der Waals surface area contributed by atoms with E-state index in [2.05, 4.69) is 10.3 Å². The van der Waals surface area contributed by atoms with Gasteiger partial charge < -0.3 is 15.0 Å². The number of ether oxygens (including phenoxy) is 1. The summed E-state index contributed by atoms with van der Waals surface area (Å²) in [5.41, 5.74) is 1.76. The number of hydrogen-bond acceptors (Lipinski definition) is 5. The number of benzene rings is 2. The molecule has 0 bridgehead atoms. The molecule has 1 aliphatic heterocycles. The lowest BCUT2D eigenvalue weighted by Crippen LogP contribution is -2.38. The first-order chi connectivity index (χ1) is 14.9. The monoisotopic (exact) mass is 439 g/mol. The van der Waals surface area contributed by atoms with Crippen LogP contribution in [0.1, 0.15) is 23.0 Å². The van der Waals surface area contributed by atoms with Crippen LogP contribution in [0.3, 0.4) is 0 Å². The number of amides is 1. The molecule has 3 aromatic rings. The van der Waals surface area contributed by atoms with Gasteiger partial charge in [-0.1, -0.05) is 35.9 Å². The number of carbonyl (C=O) groups excluding carboxylic acids is 1. The Kier molecular flexibility index (Phi) is 5.56. The van der Waals surface area contributed by atoms with Crippen molar-refractivity contribution in [1.29, 1.82) is 0 Å². The van der Waals surface area contributed by atoms with Crippen LogP contribution in [0.15, 0.2) is 58.3 Å². The van der Waals surface area contributed by atoms with Crippen LogP contribution >= 0.6 is 11.6 Å². The number of fused-ring (bicyclic) bond motifs is 1. The molecule has 1 unspecified atom stereocenters. The number of halogens is 1. The number of aromatic nitrogens is 2. The lowest BCUT2D eigenvalue weighted by atomic mass is 10.1. The Labute approximate surface area is 184 Å². The molecule has 0 saturated carbocycles. The Bertz CT molecular complexity index is 1210. The number of nitrogens with one attached hydrogen (secondary N) is 1. The van der Waals surface area contributed by atoms with E-state index in [9.17, 15) is 9.59 Å². The lowest BCUT2D eigenvalue weighted by molar-refractivity contribution is 0.207. The van der Waals surface area contributed by atoms with Crippen molar-refractivity contribution in [3.05, 3.63) is 80.9 Å². The predicted octanol–water partition coefficient (Wildman–Crippen LogP) is 3.49. The van der Waals surface area contributed by atoms with Crippen molar-refractivity contribution in [2.45, 2.75) is 12.7 Å². The Balaban J connectivity index is 1.62. The summed E-state index contributed by atoms with van der Waals surface area (Å²) in [5.74, 6) is 1.24.